The highest BCUT2D eigenvalue weighted by atomic mass is 32.1. The highest BCUT2D eigenvalue weighted by Gasteiger charge is 2.20. The first-order valence-electron chi connectivity index (χ1n) is 7.92. The van der Waals surface area contributed by atoms with Crippen molar-refractivity contribution in [3.8, 4) is 11.3 Å². The molecule has 0 aliphatic heterocycles. The number of hydrogen-bond donors (Lipinski definition) is 1. The summed E-state index contributed by atoms with van der Waals surface area (Å²) in [6, 6.07) is 11.7. The number of carbonyl (C=O) groups excluding carboxylic acids is 2. The molecule has 0 spiro atoms. The SMILES string of the molecule is C[C@H](OC(=O)c1ccccc1)C(=O)Nc1nc(-c2ccc(F)c(F)c2)cs1. The molecule has 1 N–H and O–H groups in total. The second kappa shape index (κ2) is 8.05. The zero-order chi connectivity index (χ0) is 19.4. The minimum Gasteiger partial charge on any atom is -0.449 e. The first-order valence-corrected chi connectivity index (χ1v) is 8.80. The van der Waals surface area contributed by atoms with Crippen LogP contribution in [0.2, 0.25) is 0 Å². The minimum atomic E-state index is -1.03. The summed E-state index contributed by atoms with van der Waals surface area (Å²) in [6.07, 6.45) is -1.03. The molecule has 3 aromatic rings. The Morgan fingerprint density at radius 3 is 2.56 bits per heavy atom. The molecule has 0 aliphatic rings. The molecular weight excluding hydrogens is 374 g/mol. The second-order valence-corrected chi connectivity index (χ2v) is 6.43. The van der Waals surface area contributed by atoms with Gasteiger partial charge in [-0.2, -0.15) is 0 Å². The van der Waals surface area contributed by atoms with Gasteiger partial charge in [-0.3, -0.25) is 10.1 Å². The number of halogens is 2. The first kappa shape index (κ1) is 18.7. The van der Waals surface area contributed by atoms with Crippen LogP contribution in [-0.2, 0) is 9.53 Å². The van der Waals surface area contributed by atoms with Crippen molar-refractivity contribution < 1.29 is 23.1 Å². The fraction of sp³-hybridized carbons (Fsp3) is 0.105. The monoisotopic (exact) mass is 388 g/mol. The molecule has 1 atom stereocenters. The van der Waals surface area contributed by atoms with Crippen molar-refractivity contribution in [1.82, 2.24) is 4.98 Å². The number of nitrogens with one attached hydrogen (secondary N) is 1. The Bertz CT molecular complexity index is 976. The van der Waals surface area contributed by atoms with E-state index in [0.717, 1.165) is 23.5 Å². The van der Waals surface area contributed by atoms with Crippen molar-refractivity contribution in [3.05, 3.63) is 71.1 Å². The zero-order valence-corrected chi connectivity index (χ0v) is 14.9. The molecule has 1 amide bonds. The fourth-order valence-electron chi connectivity index (χ4n) is 2.18. The average Bonchev–Trinajstić information content (AvgIpc) is 3.13. The van der Waals surface area contributed by atoms with Gasteiger partial charge in [-0.25, -0.2) is 18.6 Å². The van der Waals surface area contributed by atoms with Crippen LogP contribution in [-0.4, -0.2) is 23.0 Å². The second-order valence-electron chi connectivity index (χ2n) is 5.57. The molecule has 0 radical (unpaired) electrons. The van der Waals surface area contributed by atoms with Crippen LogP contribution in [0.5, 0.6) is 0 Å². The Labute approximate surface area is 157 Å². The summed E-state index contributed by atoms with van der Waals surface area (Å²) in [4.78, 5) is 28.3. The molecule has 138 valence electrons. The maximum Gasteiger partial charge on any atom is 0.338 e. The predicted octanol–water partition coefficient (Wildman–Crippen LogP) is 4.27. The summed E-state index contributed by atoms with van der Waals surface area (Å²) in [6.45, 7) is 1.44. The van der Waals surface area contributed by atoms with Crippen LogP contribution >= 0.6 is 11.3 Å². The van der Waals surface area contributed by atoms with E-state index in [2.05, 4.69) is 10.3 Å². The summed E-state index contributed by atoms with van der Waals surface area (Å²) < 4.78 is 31.5. The Balaban J connectivity index is 1.63. The van der Waals surface area contributed by atoms with E-state index in [1.54, 1.807) is 35.7 Å². The third-order valence-electron chi connectivity index (χ3n) is 3.61. The number of nitrogens with zero attached hydrogens (tertiary/aromatic N) is 1. The standard InChI is InChI=1S/C19H14F2N2O3S/c1-11(26-18(25)12-5-3-2-4-6-12)17(24)23-19-22-16(10-27-19)13-7-8-14(20)15(21)9-13/h2-11H,1H3,(H,22,23,24)/t11-/m0/s1. The van der Waals surface area contributed by atoms with Gasteiger partial charge in [0, 0.05) is 10.9 Å². The van der Waals surface area contributed by atoms with E-state index in [4.69, 9.17) is 4.74 Å². The van der Waals surface area contributed by atoms with Gasteiger partial charge < -0.3 is 4.74 Å². The quantitative estimate of drug-likeness (QED) is 0.663. The highest BCUT2D eigenvalue weighted by molar-refractivity contribution is 7.14. The Kier molecular flexibility index (Phi) is 5.56. The Morgan fingerprint density at radius 2 is 1.85 bits per heavy atom. The van der Waals surface area contributed by atoms with Crippen molar-refractivity contribution in [3.63, 3.8) is 0 Å². The minimum absolute atomic E-state index is 0.252. The summed E-state index contributed by atoms with van der Waals surface area (Å²) in [5, 5.41) is 4.39. The van der Waals surface area contributed by atoms with E-state index < -0.39 is 29.6 Å². The predicted molar refractivity (Wildman–Crippen MR) is 97.4 cm³/mol. The van der Waals surface area contributed by atoms with Crippen LogP contribution in [0.3, 0.4) is 0 Å². The van der Waals surface area contributed by atoms with Gasteiger partial charge in [0.15, 0.2) is 22.9 Å². The average molecular weight is 388 g/mol. The molecule has 1 heterocycles. The highest BCUT2D eigenvalue weighted by Crippen LogP contribution is 2.26. The molecule has 3 rings (SSSR count). The Morgan fingerprint density at radius 1 is 1.11 bits per heavy atom. The summed E-state index contributed by atoms with van der Waals surface area (Å²) in [7, 11) is 0. The maximum absolute atomic E-state index is 13.3. The molecule has 0 saturated heterocycles. The van der Waals surface area contributed by atoms with Gasteiger partial charge in [0.1, 0.15) is 0 Å². The molecule has 0 bridgehead atoms. The number of aromatic nitrogens is 1. The normalized spacial score (nSPS) is 11.7. The number of ether oxygens (including phenoxy) is 1. The molecule has 1 aromatic heterocycles. The van der Waals surface area contributed by atoms with Crippen LogP contribution in [0, 0.1) is 11.6 Å². The van der Waals surface area contributed by atoms with Crippen LogP contribution in [0.25, 0.3) is 11.3 Å². The first-order chi connectivity index (χ1) is 12.9. The molecule has 0 saturated carbocycles. The molecule has 0 unspecified atom stereocenters. The van der Waals surface area contributed by atoms with E-state index in [1.807, 2.05) is 0 Å². The van der Waals surface area contributed by atoms with Crippen LogP contribution in [0.4, 0.5) is 13.9 Å². The molecule has 2 aromatic carbocycles. The van der Waals surface area contributed by atoms with Crippen molar-refractivity contribution in [2.75, 3.05) is 5.32 Å². The topological polar surface area (TPSA) is 68.3 Å². The van der Waals surface area contributed by atoms with Crippen LogP contribution in [0.15, 0.2) is 53.9 Å². The lowest BCUT2D eigenvalue weighted by Gasteiger charge is -2.12. The largest absolute Gasteiger partial charge is 0.449 e. The van der Waals surface area contributed by atoms with Crippen molar-refractivity contribution in [2.24, 2.45) is 0 Å². The van der Waals surface area contributed by atoms with Crippen molar-refractivity contribution >= 4 is 28.3 Å². The van der Waals surface area contributed by atoms with Gasteiger partial charge >= 0.3 is 5.97 Å². The van der Waals surface area contributed by atoms with Gasteiger partial charge in [0.2, 0.25) is 0 Å². The summed E-state index contributed by atoms with van der Waals surface area (Å²) >= 11 is 1.12. The summed E-state index contributed by atoms with van der Waals surface area (Å²) in [5.74, 6) is -3.09. The van der Waals surface area contributed by atoms with E-state index in [0.29, 0.717) is 16.8 Å². The number of anilines is 1. The number of esters is 1. The lowest BCUT2D eigenvalue weighted by Crippen LogP contribution is -2.29. The van der Waals surface area contributed by atoms with Gasteiger partial charge in [0.25, 0.3) is 5.91 Å². The fourth-order valence-corrected chi connectivity index (χ4v) is 2.91. The van der Waals surface area contributed by atoms with Crippen molar-refractivity contribution in [1.29, 1.82) is 0 Å². The molecule has 0 fully saturated rings. The molecule has 27 heavy (non-hydrogen) atoms. The molecule has 5 nitrogen and oxygen atoms in total. The number of rotatable bonds is 5. The van der Waals surface area contributed by atoms with Gasteiger partial charge in [-0.15, -0.1) is 11.3 Å². The van der Waals surface area contributed by atoms with Crippen molar-refractivity contribution in [2.45, 2.75) is 13.0 Å². The number of benzene rings is 2. The van der Waals surface area contributed by atoms with Gasteiger partial charge in [-0.1, -0.05) is 18.2 Å². The maximum atomic E-state index is 13.3. The number of thiazole rings is 1. The lowest BCUT2D eigenvalue weighted by molar-refractivity contribution is -0.123. The van der Waals surface area contributed by atoms with Gasteiger partial charge in [-0.05, 0) is 37.3 Å². The molecular formula is C19H14F2N2O3S. The number of amides is 1. The summed E-state index contributed by atoms with van der Waals surface area (Å²) in [5.41, 5.74) is 1.12. The third kappa shape index (κ3) is 4.53. The third-order valence-corrected chi connectivity index (χ3v) is 4.37. The molecule has 0 aliphatic carbocycles. The van der Waals surface area contributed by atoms with E-state index >= 15 is 0 Å². The number of hydrogen-bond acceptors (Lipinski definition) is 5. The van der Waals surface area contributed by atoms with E-state index in [1.165, 1.54) is 13.0 Å². The van der Waals surface area contributed by atoms with E-state index in [-0.39, 0.29) is 5.13 Å². The smallest absolute Gasteiger partial charge is 0.338 e. The lowest BCUT2D eigenvalue weighted by atomic mass is 10.2. The Hall–Kier alpha value is -3.13. The van der Waals surface area contributed by atoms with Crippen LogP contribution in [0.1, 0.15) is 17.3 Å². The van der Waals surface area contributed by atoms with E-state index in [9.17, 15) is 18.4 Å². The zero-order valence-electron chi connectivity index (χ0n) is 14.1. The van der Waals surface area contributed by atoms with Gasteiger partial charge in [0.05, 0.1) is 11.3 Å². The molecule has 8 heteroatoms. The number of carbonyl (C=O) groups is 2. The van der Waals surface area contributed by atoms with Crippen LogP contribution < -0.4 is 5.32 Å².